The first-order chi connectivity index (χ1) is 21.1. The minimum Gasteiger partial charge on any atom is -0.508 e. The van der Waals surface area contributed by atoms with Crippen molar-refractivity contribution >= 4 is 54.9 Å². The number of benzene rings is 1. The smallest absolute Gasteiger partial charge is 0.433 e. The standard InChI is InChI=1S/C28H28N2O12S3/c1-44(36,37)12-9-40-27(32)22-14-18-5-6-19(31)15-21(18)26(24-4-3-11-43-24)29(16-20-7-8-25(42-20)30(34)35)17-23(22)28(33)41-10-13-45(2,38)39/h3-8,11,14-15,17,26,31H,9-10,12-13,16H2,1-2H3. The largest absolute Gasteiger partial charge is 0.508 e. The Morgan fingerprint density at radius 3 is 2.20 bits per heavy atom. The molecule has 0 fully saturated rings. The number of nitrogens with zero attached hydrogens (tertiary/aromatic N) is 2. The first kappa shape index (κ1) is 33.4. The molecule has 0 radical (unpaired) electrons. The lowest BCUT2D eigenvalue weighted by atomic mass is 9.92. The number of carbonyl (C=O) groups is 2. The van der Waals surface area contributed by atoms with Crippen molar-refractivity contribution < 1.29 is 50.3 Å². The van der Waals surface area contributed by atoms with E-state index in [2.05, 4.69) is 0 Å². The van der Waals surface area contributed by atoms with E-state index in [4.69, 9.17) is 13.9 Å². The minimum absolute atomic E-state index is 0.112. The van der Waals surface area contributed by atoms with Gasteiger partial charge in [0.25, 0.3) is 0 Å². The molecule has 0 spiro atoms. The van der Waals surface area contributed by atoms with E-state index in [-0.39, 0.29) is 29.2 Å². The van der Waals surface area contributed by atoms with Crippen molar-refractivity contribution in [2.24, 2.45) is 0 Å². The van der Waals surface area contributed by atoms with Crippen molar-refractivity contribution in [1.82, 2.24) is 4.90 Å². The summed E-state index contributed by atoms with van der Waals surface area (Å²) in [6.07, 6.45) is 4.52. The van der Waals surface area contributed by atoms with Gasteiger partial charge in [-0.05, 0) is 46.8 Å². The van der Waals surface area contributed by atoms with Gasteiger partial charge in [-0.15, -0.1) is 11.3 Å². The predicted octanol–water partition coefficient (Wildman–Crippen LogP) is 3.00. The van der Waals surface area contributed by atoms with Gasteiger partial charge in [0.15, 0.2) is 19.7 Å². The van der Waals surface area contributed by atoms with Gasteiger partial charge < -0.3 is 23.9 Å². The number of nitro groups is 1. The van der Waals surface area contributed by atoms with Gasteiger partial charge in [0, 0.05) is 23.6 Å². The Balaban J connectivity index is 1.91. The Labute approximate surface area is 262 Å². The Morgan fingerprint density at radius 1 is 1.00 bits per heavy atom. The number of rotatable bonds is 12. The van der Waals surface area contributed by atoms with E-state index >= 15 is 0 Å². The maximum atomic E-state index is 13.5. The number of fused-ring (bicyclic) bond motifs is 1. The maximum absolute atomic E-state index is 13.5. The summed E-state index contributed by atoms with van der Waals surface area (Å²) in [7, 11) is -7.02. The molecule has 1 aromatic carbocycles. The molecule has 0 bridgehead atoms. The van der Waals surface area contributed by atoms with Crippen LogP contribution in [-0.4, -0.2) is 80.9 Å². The van der Waals surface area contributed by atoms with Gasteiger partial charge in [0.1, 0.15) is 29.6 Å². The quantitative estimate of drug-likeness (QED) is 0.166. The molecule has 2 aromatic heterocycles. The van der Waals surface area contributed by atoms with Crippen molar-refractivity contribution in [3.8, 4) is 5.75 Å². The molecule has 45 heavy (non-hydrogen) atoms. The Hall–Kier alpha value is -4.48. The molecular formula is C28H28N2O12S3. The summed E-state index contributed by atoms with van der Waals surface area (Å²) in [5.74, 6) is -3.67. The highest BCUT2D eigenvalue weighted by molar-refractivity contribution is 7.90. The lowest BCUT2D eigenvalue weighted by molar-refractivity contribution is -0.402. The highest BCUT2D eigenvalue weighted by Gasteiger charge is 2.33. The van der Waals surface area contributed by atoms with Crippen molar-refractivity contribution in [3.63, 3.8) is 0 Å². The van der Waals surface area contributed by atoms with Gasteiger partial charge in [0.05, 0.1) is 41.3 Å². The fourth-order valence-corrected chi connectivity index (χ4v) is 5.98. The van der Waals surface area contributed by atoms with E-state index in [0.717, 1.165) is 23.5 Å². The van der Waals surface area contributed by atoms with Crippen LogP contribution in [0.15, 0.2) is 69.6 Å². The molecule has 0 saturated carbocycles. The molecule has 1 aliphatic heterocycles. The number of aromatic hydroxyl groups is 1. The average molecular weight is 681 g/mol. The summed E-state index contributed by atoms with van der Waals surface area (Å²) in [6, 6.07) is 9.70. The molecule has 17 heteroatoms. The van der Waals surface area contributed by atoms with E-state index in [1.165, 1.54) is 47.9 Å². The molecule has 3 heterocycles. The summed E-state index contributed by atoms with van der Waals surface area (Å²) >= 11 is 1.34. The molecule has 14 nitrogen and oxygen atoms in total. The topological polar surface area (TPSA) is 201 Å². The van der Waals surface area contributed by atoms with Crippen LogP contribution in [0.5, 0.6) is 5.75 Å². The summed E-state index contributed by atoms with van der Waals surface area (Å²) in [5.41, 5.74) is 0.126. The Morgan fingerprint density at radius 2 is 1.64 bits per heavy atom. The zero-order valence-electron chi connectivity index (χ0n) is 23.9. The van der Waals surface area contributed by atoms with Gasteiger partial charge in [-0.2, -0.15) is 0 Å². The molecule has 0 amide bonds. The molecule has 1 N–H and O–H groups in total. The summed E-state index contributed by atoms with van der Waals surface area (Å²) in [6.45, 7) is -1.23. The fraction of sp³-hybridized carbons (Fsp3) is 0.286. The molecular weight excluding hydrogens is 653 g/mol. The molecule has 0 aliphatic carbocycles. The van der Waals surface area contributed by atoms with Crippen LogP contribution in [0.3, 0.4) is 0 Å². The maximum Gasteiger partial charge on any atom is 0.433 e. The zero-order valence-corrected chi connectivity index (χ0v) is 26.4. The average Bonchev–Trinajstić information content (AvgIpc) is 3.62. The van der Waals surface area contributed by atoms with Crippen LogP contribution in [0, 0.1) is 10.1 Å². The van der Waals surface area contributed by atoms with Crippen LogP contribution in [0.1, 0.15) is 27.8 Å². The normalized spacial score (nSPS) is 15.2. The van der Waals surface area contributed by atoms with Crippen LogP contribution in [0.4, 0.5) is 5.88 Å². The number of hydrogen-bond acceptors (Lipinski definition) is 14. The van der Waals surface area contributed by atoms with Crippen LogP contribution >= 0.6 is 11.3 Å². The highest BCUT2D eigenvalue weighted by atomic mass is 32.2. The highest BCUT2D eigenvalue weighted by Crippen LogP contribution is 2.40. The van der Waals surface area contributed by atoms with E-state index in [0.29, 0.717) is 11.1 Å². The first-order valence-corrected chi connectivity index (χ1v) is 18.1. The van der Waals surface area contributed by atoms with Crippen molar-refractivity contribution in [2.75, 3.05) is 37.2 Å². The third-order valence-corrected chi connectivity index (χ3v) is 9.12. The van der Waals surface area contributed by atoms with Crippen molar-refractivity contribution in [2.45, 2.75) is 12.6 Å². The van der Waals surface area contributed by atoms with E-state index in [9.17, 15) is 41.6 Å². The number of hydrogen-bond donors (Lipinski definition) is 1. The van der Waals surface area contributed by atoms with Gasteiger partial charge >= 0.3 is 17.8 Å². The lowest BCUT2D eigenvalue weighted by Gasteiger charge is -2.33. The second kappa shape index (κ2) is 13.7. The molecule has 1 aliphatic rings. The second-order valence-electron chi connectivity index (χ2n) is 10.0. The van der Waals surface area contributed by atoms with Crippen LogP contribution in [0.2, 0.25) is 0 Å². The predicted molar refractivity (Wildman–Crippen MR) is 163 cm³/mol. The third-order valence-electron chi connectivity index (χ3n) is 6.37. The number of thiophene rings is 1. The zero-order chi connectivity index (χ0) is 32.9. The number of phenolic OH excluding ortho intramolecular Hbond substituents is 1. The Bertz CT molecular complexity index is 1870. The summed E-state index contributed by atoms with van der Waals surface area (Å²) in [4.78, 5) is 39.8. The van der Waals surface area contributed by atoms with E-state index in [1.807, 2.05) is 0 Å². The first-order valence-electron chi connectivity index (χ1n) is 13.1. The van der Waals surface area contributed by atoms with E-state index in [1.54, 1.807) is 22.4 Å². The molecule has 1 unspecified atom stereocenters. The van der Waals surface area contributed by atoms with Crippen molar-refractivity contribution in [1.29, 1.82) is 0 Å². The number of furan rings is 1. The van der Waals surface area contributed by atoms with Crippen molar-refractivity contribution in [3.05, 3.63) is 97.1 Å². The summed E-state index contributed by atoms with van der Waals surface area (Å²) in [5, 5.41) is 23.6. The van der Waals surface area contributed by atoms with Gasteiger partial charge in [-0.3, -0.25) is 10.1 Å². The third kappa shape index (κ3) is 9.02. The van der Waals surface area contributed by atoms with Gasteiger partial charge in [0.2, 0.25) is 0 Å². The molecule has 4 rings (SSSR count). The molecule has 0 saturated heterocycles. The van der Waals surface area contributed by atoms with Crippen LogP contribution < -0.4 is 0 Å². The molecule has 3 aromatic rings. The summed E-state index contributed by atoms with van der Waals surface area (Å²) < 4.78 is 62.5. The SMILES string of the molecule is CS(=O)(=O)CCOC(=O)C1=Cc2ccc(O)cc2C(c2cccs2)N(Cc2ccc([N+](=O)[O-])o2)C=C1C(=O)OCCS(C)(=O)=O. The van der Waals surface area contributed by atoms with Gasteiger partial charge in [-0.1, -0.05) is 12.1 Å². The number of phenols is 1. The Kier molecular flexibility index (Phi) is 10.1. The molecule has 1 atom stereocenters. The van der Waals surface area contributed by atoms with Crippen LogP contribution in [0.25, 0.3) is 6.08 Å². The fourth-order valence-electron chi connectivity index (χ4n) is 4.34. The number of ether oxygens (including phenoxy) is 2. The van der Waals surface area contributed by atoms with E-state index < -0.39 is 73.2 Å². The van der Waals surface area contributed by atoms with Crippen LogP contribution in [-0.2, 0) is 45.3 Å². The number of carbonyl (C=O) groups excluding carboxylic acids is 2. The molecule has 240 valence electrons. The van der Waals surface area contributed by atoms with Gasteiger partial charge in [-0.25, -0.2) is 26.4 Å². The lowest BCUT2D eigenvalue weighted by Crippen LogP contribution is -2.29. The monoisotopic (exact) mass is 680 g/mol. The number of sulfone groups is 2. The minimum atomic E-state index is -3.52. The number of esters is 2. The second-order valence-corrected chi connectivity index (χ2v) is 15.5.